The van der Waals surface area contributed by atoms with Gasteiger partial charge in [-0.1, -0.05) is 12.5 Å². The summed E-state index contributed by atoms with van der Waals surface area (Å²) in [5, 5.41) is 2.82. The van der Waals surface area contributed by atoms with Crippen LogP contribution in [0.3, 0.4) is 0 Å². The Kier molecular flexibility index (Phi) is 5.76. The van der Waals surface area contributed by atoms with Gasteiger partial charge in [0.1, 0.15) is 5.82 Å². The van der Waals surface area contributed by atoms with Crippen molar-refractivity contribution >= 4 is 24.0 Å². The molecule has 1 aliphatic carbocycles. The number of hydrogen-bond donors (Lipinski definition) is 2. The molecule has 0 bridgehead atoms. The van der Waals surface area contributed by atoms with Crippen molar-refractivity contribution < 1.29 is 9.18 Å². The maximum atomic E-state index is 13.4. The molecule has 2 rings (SSSR count). The van der Waals surface area contributed by atoms with Crippen molar-refractivity contribution in [1.29, 1.82) is 0 Å². The molecule has 3 nitrogen and oxygen atoms in total. The number of nitrogens with two attached hydrogens (primary N) is 1. The summed E-state index contributed by atoms with van der Waals surface area (Å²) in [6, 6.07) is 4.72. The van der Waals surface area contributed by atoms with Crippen LogP contribution in [0.25, 0.3) is 0 Å². The smallest absolute Gasteiger partial charge is 0.227 e. The Bertz CT molecular complexity index is 453. The van der Waals surface area contributed by atoms with E-state index in [0.29, 0.717) is 17.8 Å². The second-order valence-electron chi connectivity index (χ2n) is 4.93. The van der Waals surface area contributed by atoms with Gasteiger partial charge in [0.2, 0.25) is 5.91 Å². The predicted octanol–water partition coefficient (Wildman–Crippen LogP) is 2.87. The molecule has 0 aliphatic heterocycles. The molecule has 1 saturated carbocycles. The molecule has 0 saturated heterocycles. The minimum absolute atomic E-state index is 0. The first-order valence-corrected chi connectivity index (χ1v) is 6.39. The van der Waals surface area contributed by atoms with E-state index in [1.54, 1.807) is 19.1 Å². The van der Waals surface area contributed by atoms with Crippen LogP contribution in [0.1, 0.15) is 24.8 Å². The molecule has 3 N–H and O–H groups in total. The second-order valence-corrected chi connectivity index (χ2v) is 4.93. The SMILES string of the molecule is Cc1c(F)cccc1NC(=O)[C@@H]1CCC[C@@H]1CN.Cl. The van der Waals surface area contributed by atoms with Gasteiger partial charge in [0, 0.05) is 17.2 Å². The summed E-state index contributed by atoms with van der Waals surface area (Å²) in [5.41, 5.74) is 6.71. The van der Waals surface area contributed by atoms with Gasteiger partial charge in [-0.05, 0) is 44.4 Å². The number of carbonyl (C=O) groups is 1. The van der Waals surface area contributed by atoms with E-state index in [1.165, 1.54) is 6.07 Å². The van der Waals surface area contributed by atoms with Crippen LogP contribution in [0.4, 0.5) is 10.1 Å². The lowest BCUT2D eigenvalue weighted by molar-refractivity contribution is -0.120. The molecule has 0 aromatic heterocycles. The molecular weight excluding hydrogens is 267 g/mol. The molecular formula is C14H20ClFN2O. The topological polar surface area (TPSA) is 55.1 Å². The Morgan fingerprint density at radius 2 is 2.21 bits per heavy atom. The largest absolute Gasteiger partial charge is 0.330 e. The number of carbonyl (C=O) groups excluding carboxylic acids is 1. The summed E-state index contributed by atoms with van der Waals surface area (Å²) in [6.07, 6.45) is 2.93. The fourth-order valence-electron chi connectivity index (χ4n) is 2.63. The van der Waals surface area contributed by atoms with Gasteiger partial charge < -0.3 is 11.1 Å². The van der Waals surface area contributed by atoms with E-state index in [-0.39, 0.29) is 36.0 Å². The fraction of sp³-hybridized carbons (Fsp3) is 0.500. The van der Waals surface area contributed by atoms with Crippen molar-refractivity contribution in [3.63, 3.8) is 0 Å². The monoisotopic (exact) mass is 286 g/mol. The molecule has 0 radical (unpaired) electrons. The molecule has 19 heavy (non-hydrogen) atoms. The highest BCUT2D eigenvalue weighted by Gasteiger charge is 2.32. The van der Waals surface area contributed by atoms with Crippen molar-refractivity contribution in [1.82, 2.24) is 0 Å². The van der Waals surface area contributed by atoms with Crippen molar-refractivity contribution in [2.24, 2.45) is 17.6 Å². The maximum Gasteiger partial charge on any atom is 0.227 e. The Balaban J connectivity index is 0.00000180. The van der Waals surface area contributed by atoms with E-state index in [0.717, 1.165) is 19.3 Å². The number of benzene rings is 1. The second kappa shape index (κ2) is 6.87. The molecule has 1 amide bonds. The number of anilines is 1. The molecule has 0 spiro atoms. The van der Waals surface area contributed by atoms with Gasteiger partial charge in [0.15, 0.2) is 0 Å². The molecule has 0 heterocycles. The maximum absolute atomic E-state index is 13.4. The van der Waals surface area contributed by atoms with E-state index in [9.17, 15) is 9.18 Å². The number of amides is 1. The molecule has 1 aromatic carbocycles. The van der Waals surface area contributed by atoms with Crippen LogP contribution in [0, 0.1) is 24.6 Å². The predicted molar refractivity (Wildman–Crippen MR) is 76.9 cm³/mol. The lowest BCUT2D eigenvalue weighted by Crippen LogP contribution is -2.30. The van der Waals surface area contributed by atoms with Crippen molar-refractivity contribution in [2.45, 2.75) is 26.2 Å². The van der Waals surface area contributed by atoms with E-state index in [1.807, 2.05) is 0 Å². The zero-order valence-electron chi connectivity index (χ0n) is 11.0. The van der Waals surface area contributed by atoms with Gasteiger partial charge in [-0.15, -0.1) is 12.4 Å². The summed E-state index contributed by atoms with van der Waals surface area (Å²) >= 11 is 0. The van der Waals surface area contributed by atoms with Gasteiger partial charge in [-0.2, -0.15) is 0 Å². The Morgan fingerprint density at radius 3 is 2.89 bits per heavy atom. The summed E-state index contributed by atoms with van der Waals surface area (Å²) in [6.45, 7) is 2.21. The van der Waals surface area contributed by atoms with Crippen LogP contribution in [0.5, 0.6) is 0 Å². The fourth-order valence-corrected chi connectivity index (χ4v) is 2.63. The van der Waals surface area contributed by atoms with E-state index >= 15 is 0 Å². The van der Waals surface area contributed by atoms with Gasteiger partial charge >= 0.3 is 0 Å². The third-order valence-electron chi connectivity index (χ3n) is 3.82. The van der Waals surface area contributed by atoms with Crippen LogP contribution >= 0.6 is 12.4 Å². The third kappa shape index (κ3) is 3.45. The zero-order valence-corrected chi connectivity index (χ0v) is 11.8. The minimum atomic E-state index is -0.297. The number of hydrogen-bond acceptors (Lipinski definition) is 2. The molecule has 0 unspecified atom stereocenters. The lowest BCUT2D eigenvalue weighted by Gasteiger charge is -2.18. The molecule has 5 heteroatoms. The van der Waals surface area contributed by atoms with Gasteiger partial charge in [0.25, 0.3) is 0 Å². The zero-order chi connectivity index (χ0) is 13.1. The Labute approximate surface area is 119 Å². The van der Waals surface area contributed by atoms with Gasteiger partial charge in [-0.25, -0.2) is 4.39 Å². The number of nitrogens with one attached hydrogen (secondary N) is 1. The lowest BCUT2D eigenvalue weighted by atomic mass is 9.95. The first-order chi connectivity index (χ1) is 8.63. The number of rotatable bonds is 3. The van der Waals surface area contributed by atoms with Crippen molar-refractivity contribution in [3.8, 4) is 0 Å². The first kappa shape index (κ1) is 15.9. The molecule has 1 aliphatic rings. The summed E-state index contributed by atoms with van der Waals surface area (Å²) in [7, 11) is 0. The highest BCUT2D eigenvalue weighted by molar-refractivity contribution is 5.93. The van der Waals surface area contributed by atoms with Crippen LogP contribution in [-0.2, 0) is 4.79 Å². The van der Waals surface area contributed by atoms with Crippen LogP contribution in [0.2, 0.25) is 0 Å². The molecule has 2 atom stereocenters. The molecule has 106 valence electrons. The van der Waals surface area contributed by atoms with Crippen molar-refractivity contribution in [2.75, 3.05) is 11.9 Å². The van der Waals surface area contributed by atoms with Gasteiger partial charge in [-0.3, -0.25) is 4.79 Å². The first-order valence-electron chi connectivity index (χ1n) is 6.39. The minimum Gasteiger partial charge on any atom is -0.330 e. The highest BCUT2D eigenvalue weighted by Crippen LogP contribution is 2.32. The van der Waals surface area contributed by atoms with Crippen molar-refractivity contribution in [3.05, 3.63) is 29.6 Å². The normalized spacial score (nSPS) is 21.8. The van der Waals surface area contributed by atoms with Crippen LogP contribution in [-0.4, -0.2) is 12.5 Å². The standard InChI is InChI=1S/C14H19FN2O.ClH/c1-9-12(15)6-3-7-13(9)17-14(18)11-5-2-4-10(11)8-16;/h3,6-7,10-11H,2,4-5,8,16H2,1H3,(H,17,18);1H/t10-,11-;/m1./s1. The quantitative estimate of drug-likeness (QED) is 0.898. The van der Waals surface area contributed by atoms with Gasteiger partial charge in [0.05, 0.1) is 0 Å². The van der Waals surface area contributed by atoms with Crippen LogP contribution < -0.4 is 11.1 Å². The highest BCUT2D eigenvalue weighted by atomic mass is 35.5. The number of halogens is 2. The average molecular weight is 287 g/mol. The van der Waals surface area contributed by atoms with E-state index in [4.69, 9.17) is 5.73 Å². The Morgan fingerprint density at radius 1 is 1.47 bits per heavy atom. The van der Waals surface area contributed by atoms with Crippen LogP contribution in [0.15, 0.2) is 18.2 Å². The summed E-state index contributed by atoms with van der Waals surface area (Å²) in [4.78, 5) is 12.2. The molecule has 1 aromatic rings. The van der Waals surface area contributed by atoms with E-state index < -0.39 is 0 Å². The summed E-state index contributed by atoms with van der Waals surface area (Å²) in [5.74, 6) is -0.0946. The summed E-state index contributed by atoms with van der Waals surface area (Å²) < 4.78 is 13.4. The third-order valence-corrected chi connectivity index (χ3v) is 3.82. The molecule has 1 fully saturated rings. The Hall–Kier alpha value is -1.13. The van der Waals surface area contributed by atoms with E-state index in [2.05, 4.69) is 5.32 Å². The average Bonchev–Trinajstić information content (AvgIpc) is 2.83.